The Balaban J connectivity index is 1.04. The number of fused-ring (bicyclic) bond motifs is 9. The predicted molar refractivity (Wildman–Crippen MR) is 257 cm³/mol. The Labute approximate surface area is 355 Å². The third kappa shape index (κ3) is 5.56. The van der Waals surface area contributed by atoms with Gasteiger partial charge in [0.2, 0.25) is 0 Å². The summed E-state index contributed by atoms with van der Waals surface area (Å²) in [7, 11) is 0. The molecule has 0 fully saturated rings. The molecule has 10 aromatic carbocycles. The third-order valence-corrected chi connectivity index (χ3v) is 13.0. The summed E-state index contributed by atoms with van der Waals surface area (Å²) < 4.78 is 7.04. The van der Waals surface area contributed by atoms with Crippen molar-refractivity contribution in [2.24, 2.45) is 0 Å². The fourth-order valence-electron chi connectivity index (χ4n) is 10.0. The standard InChI is InChI=1S/C59H41NO/c1-59(2)54-24-14-13-22-49(54)50-32-31-45(36-55(50)59)60(44-30-25-38-15-9-10-20-42(38)35-44)43-28-26-41(27-29-43)52-37-53-56-46(39-16-5-3-6-17-39)33-34-47(40-18-7-4-8-19-40)58(56)61-57(53)51-23-12-11-21-48(51)52/h3-37H,1-2H3. The van der Waals surface area contributed by atoms with Gasteiger partial charge in [0, 0.05) is 44.2 Å². The lowest BCUT2D eigenvalue weighted by Gasteiger charge is -2.28. The van der Waals surface area contributed by atoms with Crippen molar-refractivity contribution in [2.45, 2.75) is 19.3 Å². The van der Waals surface area contributed by atoms with Gasteiger partial charge in [0.25, 0.3) is 0 Å². The number of furan rings is 1. The van der Waals surface area contributed by atoms with E-state index in [0.29, 0.717) is 0 Å². The summed E-state index contributed by atoms with van der Waals surface area (Å²) in [5.74, 6) is 0. The molecule has 2 nitrogen and oxygen atoms in total. The summed E-state index contributed by atoms with van der Waals surface area (Å²) >= 11 is 0. The van der Waals surface area contributed by atoms with Crippen molar-refractivity contribution in [3.8, 4) is 44.5 Å². The van der Waals surface area contributed by atoms with E-state index in [1.165, 1.54) is 44.2 Å². The molecule has 0 spiro atoms. The van der Waals surface area contributed by atoms with Crippen LogP contribution in [-0.4, -0.2) is 0 Å². The molecule has 11 aromatic rings. The van der Waals surface area contributed by atoms with E-state index in [1.807, 2.05) is 0 Å². The van der Waals surface area contributed by atoms with Crippen molar-refractivity contribution in [1.29, 1.82) is 0 Å². The van der Waals surface area contributed by atoms with Crippen LogP contribution in [0.1, 0.15) is 25.0 Å². The zero-order valence-corrected chi connectivity index (χ0v) is 34.1. The Bertz CT molecular complexity index is 3490. The molecular weight excluding hydrogens is 739 g/mol. The molecule has 0 unspecified atom stereocenters. The molecule has 2 heteroatoms. The fourth-order valence-corrected chi connectivity index (χ4v) is 10.0. The van der Waals surface area contributed by atoms with Crippen LogP contribution >= 0.6 is 0 Å². The SMILES string of the molecule is CC1(C)c2ccccc2-c2ccc(N(c3ccc(-c4cc5c(oc6c(-c7ccccc7)ccc(-c7ccccc7)c65)c5ccccc45)cc3)c3ccc4ccccc4c3)cc21. The van der Waals surface area contributed by atoms with Crippen molar-refractivity contribution >= 4 is 60.5 Å². The van der Waals surface area contributed by atoms with Gasteiger partial charge in [-0.05, 0) is 115 Å². The fraction of sp³-hybridized carbons (Fsp3) is 0.0508. The van der Waals surface area contributed by atoms with Crippen LogP contribution in [0.5, 0.6) is 0 Å². The number of rotatable bonds is 6. The highest BCUT2D eigenvalue weighted by atomic mass is 16.3. The maximum atomic E-state index is 7.04. The van der Waals surface area contributed by atoms with E-state index in [0.717, 1.165) is 72.0 Å². The van der Waals surface area contributed by atoms with Crippen molar-refractivity contribution in [3.05, 3.63) is 223 Å². The highest BCUT2D eigenvalue weighted by Crippen LogP contribution is 2.51. The molecule has 288 valence electrons. The van der Waals surface area contributed by atoms with Gasteiger partial charge in [0.05, 0.1) is 0 Å². The van der Waals surface area contributed by atoms with E-state index >= 15 is 0 Å². The van der Waals surface area contributed by atoms with Crippen LogP contribution in [-0.2, 0) is 5.41 Å². The smallest absolute Gasteiger partial charge is 0.143 e. The lowest BCUT2D eigenvalue weighted by Crippen LogP contribution is -2.16. The molecule has 12 rings (SSSR count). The average molecular weight is 780 g/mol. The van der Waals surface area contributed by atoms with Crippen LogP contribution in [0.25, 0.3) is 88.0 Å². The molecule has 0 radical (unpaired) electrons. The van der Waals surface area contributed by atoms with Gasteiger partial charge in [-0.3, -0.25) is 0 Å². The van der Waals surface area contributed by atoms with Crippen LogP contribution in [0.3, 0.4) is 0 Å². The van der Waals surface area contributed by atoms with Gasteiger partial charge in [-0.15, -0.1) is 0 Å². The molecule has 0 saturated heterocycles. The Morgan fingerprint density at radius 3 is 1.69 bits per heavy atom. The van der Waals surface area contributed by atoms with E-state index in [-0.39, 0.29) is 5.41 Å². The summed E-state index contributed by atoms with van der Waals surface area (Å²) in [5.41, 5.74) is 17.4. The van der Waals surface area contributed by atoms with Gasteiger partial charge < -0.3 is 9.32 Å². The van der Waals surface area contributed by atoms with Crippen molar-refractivity contribution in [3.63, 3.8) is 0 Å². The number of nitrogens with zero attached hydrogens (tertiary/aromatic N) is 1. The molecule has 0 saturated carbocycles. The van der Waals surface area contributed by atoms with Crippen LogP contribution < -0.4 is 4.90 Å². The Hall–Kier alpha value is -7.68. The highest BCUT2D eigenvalue weighted by Gasteiger charge is 2.35. The Kier molecular flexibility index (Phi) is 7.92. The minimum Gasteiger partial charge on any atom is -0.455 e. The Morgan fingerprint density at radius 2 is 0.902 bits per heavy atom. The first kappa shape index (κ1) is 35.3. The molecule has 1 aromatic heterocycles. The average Bonchev–Trinajstić information content (AvgIpc) is 3.82. The van der Waals surface area contributed by atoms with Gasteiger partial charge in [0.1, 0.15) is 11.2 Å². The van der Waals surface area contributed by atoms with E-state index in [4.69, 9.17) is 4.42 Å². The number of hydrogen-bond acceptors (Lipinski definition) is 2. The van der Waals surface area contributed by atoms with Crippen molar-refractivity contribution in [2.75, 3.05) is 4.90 Å². The number of anilines is 3. The Morgan fingerprint density at radius 1 is 0.344 bits per heavy atom. The number of hydrogen-bond donors (Lipinski definition) is 0. The summed E-state index contributed by atoms with van der Waals surface area (Å²) in [6.07, 6.45) is 0. The quantitative estimate of drug-likeness (QED) is 0.167. The van der Waals surface area contributed by atoms with Crippen LogP contribution in [0, 0.1) is 0 Å². The zero-order chi connectivity index (χ0) is 40.7. The largest absolute Gasteiger partial charge is 0.455 e. The first-order chi connectivity index (χ1) is 30.0. The maximum absolute atomic E-state index is 7.04. The molecule has 0 aliphatic heterocycles. The van der Waals surface area contributed by atoms with E-state index in [9.17, 15) is 0 Å². The second-order valence-corrected chi connectivity index (χ2v) is 16.9. The molecule has 61 heavy (non-hydrogen) atoms. The highest BCUT2D eigenvalue weighted by molar-refractivity contribution is 6.24. The van der Waals surface area contributed by atoms with Gasteiger partial charge in [-0.2, -0.15) is 0 Å². The van der Waals surface area contributed by atoms with Gasteiger partial charge in [-0.25, -0.2) is 0 Å². The van der Waals surface area contributed by atoms with Gasteiger partial charge in [0.15, 0.2) is 0 Å². The molecule has 1 heterocycles. The van der Waals surface area contributed by atoms with Crippen molar-refractivity contribution in [1.82, 2.24) is 0 Å². The number of benzene rings is 10. The lowest BCUT2D eigenvalue weighted by atomic mass is 9.82. The van der Waals surface area contributed by atoms with Crippen LogP contribution in [0.4, 0.5) is 17.1 Å². The van der Waals surface area contributed by atoms with Crippen LogP contribution in [0.15, 0.2) is 217 Å². The van der Waals surface area contributed by atoms with Crippen LogP contribution in [0.2, 0.25) is 0 Å². The molecule has 0 amide bonds. The van der Waals surface area contributed by atoms with Gasteiger partial charge in [-0.1, -0.05) is 178 Å². The minimum atomic E-state index is -0.111. The summed E-state index contributed by atoms with van der Waals surface area (Å²) in [6, 6.07) is 77.3. The minimum absolute atomic E-state index is 0.111. The molecule has 1 aliphatic rings. The van der Waals surface area contributed by atoms with E-state index in [1.54, 1.807) is 0 Å². The third-order valence-electron chi connectivity index (χ3n) is 13.0. The zero-order valence-electron chi connectivity index (χ0n) is 34.1. The van der Waals surface area contributed by atoms with E-state index < -0.39 is 0 Å². The topological polar surface area (TPSA) is 16.4 Å². The summed E-state index contributed by atoms with van der Waals surface area (Å²) in [6.45, 7) is 4.71. The monoisotopic (exact) mass is 779 g/mol. The second-order valence-electron chi connectivity index (χ2n) is 16.9. The summed E-state index contributed by atoms with van der Waals surface area (Å²) in [4.78, 5) is 2.41. The first-order valence-corrected chi connectivity index (χ1v) is 21.2. The summed E-state index contributed by atoms with van der Waals surface area (Å²) in [5, 5.41) is 6.96. The molecule has 0 atom stereocenters. The molecule has 0 bridgehead atoms. The normalized spacial score (nSPS) is 12.9. The lowest BCUT2D eigenvalue weighted by molar-refractivity contribution is 0.660. The molecular formula is C59H41NO. The van der Waals surface area contributed by atoms with Crippen molar-refractivity contribution < 1.29 is 4.42 Å². The van der Waals surface area contributed by atoms with E-state index in [2.05, 4.69) is 231 Å². The maximum Gasteiger partial charge on any atom is 0.143 e. The molecule has 1 aliphatic carbocycles. The molecule has 0 N–H and O–H groups in total. The van der Waals surface area contributed by atoms with Gasteiger partial charge >= 0.3 is 0 Å². The first-order valence-electron chi connectivity index (χ1n) is 21.2. The second kappa shape index (κ2) is 13.7. The predicted octanol–water partition coefficient (Wildman–Crippen LogP) is 16.7.